The Bertz CT molecular complexity index is 372. The first-order chi connectivity index (χ1) is 9.62. The zero-order chi connectivity index (χ0) is 16.2. The van der Waals surface area contributed by atoms with Crippen molar-refractivity contribution in [2.24, 2.45) is 17.1 Å². The van der Waals surface area contributed by atoms with E-state index in [0.29, 0.717) is 38.5 Å². The van der Waals surface area contributed by atoms with Crippen LogP contribution in [0, 0.1) is 11.3 Å². The molecule has 0 aromatic rings. The van der Waals surface area contributed by atoms with Crippen molar-refractivity contribution in [2.45, 2.75) is 53.5 Å². The van der Waals surface area contributed by atoms with E-state index >= 15 is 0 Å². The highest BCUT2D eigenvalue weighted by molar-refractivity contribution is 5.85. The van der Waals surface area contributed by atoms with Crippen LogP contribution in [0.3, 0.4) is 0 Å². The number of carbonyl (C=O) groups excluding carboxylic acids is 2. The normalized spacial score (nSPS) is 17.2. The van der Waals surface area contributed by atoms with Crippen molar-refractivity contribution >= 4 is 24.2 Å². The van der Waals surface area contributed by atoms with Crippen molar-refractivity contribution < 1.29 is 9.59 Å². The van der Waals surface area contributed by atoms with Gasteiger partial charge >= 0.3 is 0 Å². The average Bonchev–Trinajstić information content (AvgIpc) is 2.42. The molecule has 1 heterocycles. The molecule has 0 aromatic carbocycles. The van der Waals surface area contributed by atoms with Crippen LogP contribution in [0.25, 0.3) is 0 Å². The van der Waals surface area contributed by atoms with Crippen LogP contribution in [-0.2, 0) is 9.59 Å². The molecule has 0 radical (unpaired) electrons. The largest absolute Gasteiger partial charge is 0.339 e. The van der Waals surface area contributed by atoms with Crippen molar-refractivity contribution in [1.29, 1.82) is 0 Å². The lowest BCUT2D eigenvalue weighted by Crippen LogP contribution is -2.56. The molecule has 1 rings (SSSR count). The van der Waals surface area contributed by atoms with Gasteiger partial charge in [-0.1, -0.05) is 34.6 Å². The highest BCUT2D eigenvalue weighted by atomic mass is 35.5. The minimum Gasteiger partial charge on any atom is -0.339 e. The van der Waals surface area contributed by atoms with Gasteiger partial charge in [-0.2, -0.15) is 0 Å². The number of hydrogen-bond acceptors (Lipinski definition) is 3. The van der Waals surface area contributed by atoms with Gasteiger partial charge in [0, 0.05) is 32.6 Å². The van der Waals surface area contributed by atoms with Gasteiger partial charge in [0.2, 0.25) is 11.8 Å². The Kier molecular flexibility index (Phi) is 8.40. The van der Waals surface area contributed by atoms with E-state index in [0.717, 1.165) is 6.42 Å². The molecule has 1 aliphatic heterocycles. The van der Waals surface area contributed by atoms with Crippen LogP contribution in [-0.4, -0.2) is 53.8 Å². The van der Waals surface area contributed by atoms with Crippen molar-refractivity contribution in [1.82, 2.24) is 9.80 Å². The third-order valence-electron chi connectivity index (χ3n) is 4.08. The van der Waals surface area contributed by atoms with Gasteiger partial charge in [-0.05, 0) is 17.8 Å². The standard InChI is InChI=1S/C16H31N3O2.ClH/c1-12(2)6-7-13(20)18-8-10-19(11-9-18)15(21)14(17)16(3,4)5;/h12,14H,6-11,17H2,1-5H3;1H/t14-;/m1./s1. The zero-order valence-corrected chi connectivity index (χ0v) is 15.4. The van der Waals surface area contributed by atoms with Gasteiger partial charge in [-0.15, -0.1) is 12.4 Å². The summed E-state index contributed by atoms with van der Waals surface area (Å²) < 4.78 is 0. The van der Waals surface area contributed by atoms with E-state index in [1.54, 1.807) is 4.90 Å². The minimum atomic E-state index is -0.485. The molecule has 0 unspecified atom stereocenters. The summed E-state index contributed by atoms with van der Waals surface area (Å²) in [4.78, 5) is 28.1. The molecule has 1 saturated heterocycles. The first kappa shape index (κ1) is 21.2. The number of amides is 2. The van der Waals surface area contributed by atoms with Gasteiger partial charge in [0.05, 0.1) is 6.04 Å². The Labute approximate surface area is 141 Å². The van der Waals surface area contributed by atoms with Gasteiger partial charge in [0.15, 0.2) is 0 Å². The maximum absolute atomic E-state index is 12.3. The van der Waals surface area contributed by atoms with Crippen molar-refractivity contribution in [2.75, 3.05) is 26.2 Å². The van der Waals surface area contributed by atoms with Crippen molar-refractivity contribution in [3.8, 4) is 0 Å². The summed E-state index contributed by atoms with van der Waals surface area (Å²) in [6.45, 7) is 12.6. The molecule has 2 N–H and O–H groups in total. The smallest absolute Gasteiger partial charge is 0.240 e. The number of piperazine rings is 1. The lowest BCUT2D eigenvalue weighted by Gasteiger charge is -2.38. The summed E-state index contributed by atoms with van der Waals surface area (Å²) in [6, 6.07) is -0.485. The van der Waals surface area contributed by atoms with Gasteiger partial charge in [0.1, 0.15) is 0 Å². The Balaban J connectivity index is 0.00000441. The molecular formula is C16H32ClN3O2. The molecular weight excluding hydrogens is 302 g/mol. The second-order valence-corrected chi connectivity index (χ2v) is 7.48. The van der Waals surface area contributed by atoms with Crippen molar-refractivity contribution in [3.05, 3.63) is 0 Å². The highest BCUT2D eigenvalue weighted by Crippen LogP contribution is 2.20. The first-order valence-corrected chi connectivity index (χ1v) is 7.95. The summed E-state index contributed by atoms with van der Waals surface area (Å²) in [6.07, 6.45) is 1.53. The SMILES string of the molecule is CC(C)CCC(=O)N1CCN(C(=O)[C@@H](N)C(C)(C)C)CC1.Cl. The van der Waals surface area contributed by atoms with Gasteiger partial charge in [-0.25, -0.2) is 0 Å². The number of carbonyl (C=O) groups is 2. The van der Waals surface area contributed by atoms with Crippen LogP contribution < -0.4 is 5.73 Å². The maximum atomic E-state index is 12.3. The maximum Gasteiger partial charge on any atom is 0.240 e. The second kappa shape index (κ2) is 8.73. The Morgan fingerprint density at radius 1 is 1.05 bits per heavy atom. The van der Waals surface area contributed by atoms with E-state index in [1.165, 1.54) is 0 Å². The predicted molar refractivity (Wildman–Crippen MR) is 91.9 cm³/mol. The van der Waals surface area contributed by atoms with Crippen LogP contribution >= 0.6 is 12.4 Å². The highest BCUT2D eigenvalue weighted by Gasteiger charge is 2.33. The monoisotopic (exact) mass is 333 g/mol. The lowest BCUT2D eigenvalue weighted by atomic mass is 9.86. The van der Waals surface area contributed by atoms with Crippen LogP contribution in [0.4, 0.5) is 0 Å². The molecule has 1 aliphatic rings. The summed E-state index contributed by atoms with van der Waals surface area (Å²) in [5, 5.41) is 0. The Morgan fingerprint density at radius 2 is 1.50 bits per heavy atom. The van der Waals surface area contributed by atoms with Crippen molar-refractivity contribution in [3.63, 3.8) is 0 Å². The number of hydrogen-bond donors (Lipinski definition) is 1. The fourth-order valence-electron chi connectivity index (χ4n) is 2.31. The molecule has 0 aliphatic carbocycles. The van der Waals surface area contributed by atoms with Gasteiger partial charge in [-0.3, -0.25) is 9.59 Å². The summed E-state index contributed by atoms with van der Waals surface area (Å²) >= 11 is 0. The minimum absolute atomic E-state index is 0. The molecule has 0 aromatic heterocycles. The third-order valence-corrected chi connectivity index (χ3v) is 4.08. The lowest BCUT2D eigenvalue weighted by molar-refractivity contribution is -0.141. The van der Waals surface area contributed by atoms with E-state index in [9.17, 15) is 9.59 Å². The molecule has 1 atom stereocenters. The Hall–Kier alpha value is -0.810. The molecule has 1 fully saturated rings. The zero-order valence-electron chi connectivity index (χ0n) is 14.6. The molecule has 5 nitrogen and oxygen atoms in total. The van der Waals surface area contributed by atoms with Gasteiger partial charge < -0.3 is 15.5 Å². The van der Waals surface area contributed by atoms with E-state index < -0.39 is 6.04 Å². The molecule has 0 bridgehead atoms. The number of nitrogens with two attached hydrogens (primary N) is 1. The summed E-state index contributed by atoms with van der Waals surface area (Å²) in [5.74, 6) is 0.745. The molecule has 22 heavy (non-hydrogen) atoms. The van der Waals surface area contributed by atoms with Crippen LogP contribution in [0.5, 0.6) is 0 Å². The number of halogens is 1. The summed E-state index contributed by atoms with van der Waals surface area (Å²) in [5.41, 5.74) is 5.79. The number of nitrogens with zero attached hydrogens (tertiary/aromatic N) is 2. The second-order valence-electron chi connectivity index (χ2n) is 7.48. The van der Waals surface area contributed by atoms with Crippen LogP contribution in [0.15, 0.2) is 0 Å². The third kappa shape index (κ3) is 6.13. The molecule has 2 amide bonds. The first-order valence-electron chi connectivity index (χ1n) is 7.95. The van der Waals surface area contributed by atoms with Crippen LogP contribution in [0.2, 0.25) is 0 Å². The molecule has 0 saturated carbocycles. The molecule has 0 spiro atoms. The predicted octanol–water partition coefficient (Wildman–Crippen LogP) is 1.89. The van der Waals surface area contributed by atoms with E-state index in [1.807, 2.05) is 25.7 Å². The van der Waals surface area contributed by atoms with Gasteiger partial charge in [0.25, 0.3) is 0 Å². The number of rotatable bonds is 4. The van der Waals surface area contributed by atoms with E-state index in [4.69, 9.17) is 5.73 Å². The average molecular weight is 334 g/mol. The van der Waals surface area contributed by atoms with E-state index in [-0.39, 0.29) is 29.6 Å². The molecule has 130 valence electrons. The van der Waals surface area contributed by atoms with E-state index in [2.05, 4.69) is 13.8 Å². The fourth-order valence-corrected chi connectivity index (χ4v) is 2.31. The summed E-state index contributed by atoms with van der Waals surface area (Å²) in [7, 11) is 0. The Morgan fingerprint density at radius 3 is 1.91 bits per heavy atom. The quantitative estimate of drug-likeness (QED) is 0.854. The molecule has 6 heteroatoms. The van der Waals surface area contributed by atoms with Crippen LogP contribution in [0.1, 0.15) is 47.5 Å². The topological polar surface area (TPSA) is 66.6 Å². The fraction of sp³-hybridized carbons (Fsp3) is 0.875.